The monoisotopic (exact) mass is 466 g/mol. The van der Waals surface area contributed by atoms with E-state index in [4.69, 9.17) is 28.5 Å². The predicted octanol–water partition coefficient (Wildman–Crippen LogP) is 6.44. The number of carboxylic acid groups (broad SMARTS) is 2. The maximum Gasteiger partial charge on any atom is 0.371 e. The maximum atomic E-state index is 10.9. The van der Waals surface area contributed by atoms with Gasteiger partial charge in [-0.2, -0.15) is 0 Å². The molecule has 0 unspecified atom stereocenters. The Balaban J connectivity index is 0.000000191. The van der Waals surface area contributed by atoms with Gasteiger partial charge in [-0.25, -0.2) is 9.59 Å². The number of allylic oxidation sites excluding steroid dienone is 1. The molecule has 0 aliphatic carbocycles. The summed E-state index contributed by atoms with van der Waals surface area (Å²) in [5.74, 6) is -0.982. The third kappa shape index (κ3) is 4.61. The van der Waals surface area contributed by atoms with Crippen molar-refractivity contribution in [2.75, 3.05) is 14.2 Å². The molecule has 4 aromatic rings. The van der Waals surface area contributed by atoms with E-state index in [0.29, 0.717) is 34.0 Å². The van der Waals surface area contributed by atoms with Crippen LogP contribution in [-0.2, 0) is 0 Å². The Morgan fingerprint density at radius 3 is 1.76 bits per heavy atom. The molecule has 0 aliphatic rings. The molecule has 0 atom stereocenters. The molecule has 0 amide bonds. The molecule has 0 spiro atoms. The zero-order valence-electron chi connectivity index (χ0n) is 19.6. The van der Waals surface area contributed by atoms with E-state index < -0.39 is 11.9 Å². The van der Waals surface area contributed by atoms with Gasteiger partial charge >= 0.3 is 11.9 Å². The number of ether oxygens (including phenoxy) is 2. The number of benzene rings is 2. The lowest BCUT2D eigenvalue weighted by atomic mass is 9.99. The Kier molecular flexibility index (Phi) is 7.00. The highest BCUT2D eigenvalue weighted by molar-refractivity contribution is 5.99. The minimum absolute atomic E-state index is 0.0635. The fourth-order valence-electron chi connectivity index (χ4n) is 3.63. The second-order valence-electron chi connectivity index (χ2n) is 7.92. The summed E-state index contributed by atoms with van der Waals surface area (Å²) in [4.78, 5) is 21.8. The molecule has 8 heteroatoms. The van der Waals surface area contributed by atoms with E-state index >= 15 is 0 Å². The summed E-state index contributed by atoms with van der Waals surface area (Å²) in [7, 11) is 3.05. The van der Waals surface area contributed by atoms with Crippen molar-refractivity contribution in [3.63, 3.8) is 0 Å². The largest absolute Gasteiger partial charge is 0.493 e. The maximum absolute atomic E-state index is 10.9. The molecule has 4 rings (SSSR count). The van der Waals surface area contributed by atoms with Crippen molar-refractivity contribution < 1.29 is 38.1 Å². The summed E-state index contributed by atoms with van der Waals surface area (Å²) < 4.78 is 20.9. The molecule has 178 valence electrons. The van der Waals surface area contributed by atoms with Gasteiger partial charge in [0.1, 0.15) is 0 Å². The van der Waals surface area contributed by atoms with Crippen LogP contribution in [0.4, 0.5) is 0 Å². The van der Waals surface area contributed by atoms with Crippen LogP contribution in [0.15, 0.2) is 51.8 Å². The second-order valence-corrected chi connectivity index (χ2v) is 7.92. The number of fused-ring (bicyclic) bond motifs is 2. The molecule has 2 aromatic heterocycles. The van der Waals surface area contributed by atoms with Crippen molar-refractivity contribution >= 4 is 39.5 Å². The van der Waals surface area contributed by atoms with Crippen LogP contribution in [0, 0.1) is 0 Å². The van der Waals surface area contributed by atoms with E-state index in [0.717, 1.165) is 22.1 Å². The molecule has 0 saturated heterocycles. The van der Waals surface area contributed by atoms with E-state index in [-0.39, 0.29) is 11.5 Å². The fourth-order valence-corrected chi connectivity index (χ4v) is 3.63. The van der Waals surface area contributed by atoms with Gasteiger partial charge in [0.25, 0.3) is 0 Å². The number of methoxy groups -OCH3 is 2. The Bertz CT molecular complexity index is 1390. The van der Waals surface area contributed by atoms with Crippen molar-refractivity contribution in [1.82, 2.24) is 0 Å². The predicted molar refractivity (Wildman–Crippen MR) is 128 cm³/mol. The average Bonchev–Trinajstić information content (AvgIpc) is 3.43. The van der Waals surface area contributed by atoms with E-state index in [1.54, 1.807) is 18.2 Å². The smallest absolute Gasteiger partial charge is 0.371 e. The Hall–Kier alpha value is -4.20. The van der Waals surface area contributed by atoms with Crippen molar-refractivity contribution in [1.29, 1.82) is 0 Å². The first kappa shape index (κ1) is 24.4. The zero-order valence-corrected chi connectivity index (χ0v) is 19.6. The Morgan fingerprint density at radius 1 is 0.853 bits per heavy atom. The number of rotatable bonds is 6. The van der Waals surface area contributed by atoms with E-state index in [1.165, 1.54) is 20.3 Å². The van der Waals surface area contributed by atoms with Gasteiger partial charge in [0, 0.05) is 16.8 Å². The Labute approximate surface area is 196 Å². The third-order valence-electron chi connectivity index (χ3n) is 5.27. The average molecular weight is 466 g/mol. The van der Waals surface area contributed by atoms with Crippen LogP contribution < -0.4 is 9.47 Å². The molecular weight excluding hydrogens is 440 g/mol. The normalized spacial score (nSPS) is 10.8. The summed E-state index contributed by atoms with van der Waals surface area (Å²) in [6.45, 7) is 9.81. The van der Waals surface area contributed by atoms with Crippen LogP contribution in [-0.4, -0.2) is 36.4 Å². The topological polar surface area (TPSA) is 119 Å². The van der Waals surface area contributed by atoms with E-state index in [2.05, 4.69) is 20.4 Å². The van der Waals surface area contributed by atoms with Crippen molar-refractivity contribution in [2.24, 2.45) is 0 Å². The van der Waals surface area contributed by atoms with Gasteiger partial charge in [0.05, 0.1) is 14.2 Å². The highest BCUT2D eigenvalue weighted by Crippen LogP contribution is 2.35. The molecule has 34 heavy (non-hydrogen) atoms. The van der Waals surface area contributed by atoms with Crippen molar-refractivity contribution in [2.45, 2.75) is 26.7 Å². The molecule has 0 radical (unpaired) electrons. The lowest BCUT2D eigenvalue weighted by molar-refractivity contribution is 0.0655. The number of hydrogen-bond donors (Lipinski definition) is 2. The molecular formula is C26H26O8. The minimum Gasteiger partial charge on any atom is -0.493 e. The summed E-state index contributed by atoms with van der Waals surface area (Å²) in [6, 6.07) is 10.4. The minimum atomic E-state index is -1.10. The van der Waals surface area contributed by atoms with E-state index in [1.807, 2.05) is 19.1 Å². The van der Waals surface area contributed by atoms with Crippen LogP contribution in [0.3, 0.4) is 0 Å². The first-order chi connectivity index (χ1) is 16.1. The third-order valence-corrected chi connectivity index (χ3v) is 5.27. The van der Waals surface area contributed by atoms with Crippen LogP contribution in [0.5, 0.6) is 11.5 Å². The van der Waals surface area contributed by atoms with Gasteiger partial charge in [-0.1, -0.05) is 38.1 Å². The summed E-state index contributed by atoms with van der Waals surface area (Å²) >= 11 is 0. The number of hydrogen-bond acceptors (Lipinski definition) is 6. The van der Waals surface area contributed by atoms with Crippen LogP contribution in [0.1, 0.15) is 58.9 Å². The van der Waals surface area contributed by atoms with Crippen molar-refractivity contribution in [3.05, 3.63) is 65.6 Å². The molecule has 0 bridgehead atoms. The summed E-state index contributed by atoms with van der Waals surface area (Å²) in [6.07, 6.45) is 0. The first-order valence-electron chi connectivity index (χ1n) is 10.4. The quantitative estimate of drug-likeness (QED) is 0.333. The molecule has 0 saturated carbocycles. The lowest BCUT2D eigenvalue weighted by Gasteiger charge is -2.08. The first-order valence-corrected chi connectivity index (χ1v) is 10.4. The van der Waals surface area contributed by atoms with Crippen molar-refractivity contribution in [3.8, 4) is 11.5 Å². The van der Waals surface area contributed by atoms with Crippen LogP contribution in [0.25, 0.3) is 27.5 Å². The van der Waals surface area contributed by atoms with E-state index in [9.17, 15) is 9.59 Å². The highest BCUT2D eigenvalue weighted by Gasteiger charge is 2.18. The van der Waals surface area contributed by atoms with Crippen LogP contribution in [0.2, 0.25) is 0 Å². The molecule has 8 nitrogen and oxygen atoms in total. The lowest BCUT2D eigenvalue weighted by Crippen LogP contribution is -1.91. The fraction of sp³-hybridized carbons (Fsp3) is 0.231. The molecule has 0 aliphatic heterocycles. The number of carboxylic acids is 2. The standard InChI is InChI=1S/C13H14O4.C13H12O4/c2*1-7(2)8-4-5-10(16-3)12-9(8)6-11(17-12)13(14)15/h4-7H,1-3H3,(H,14,15);4-6H,1H2,2-3H3,(H,14,15). The van der Waals surface area contributed by atoms with Crippen LogP contribution >= 0.6 is 0 Å². The molecule has 2 N–H and O–H groups in total. The molecule has 2 aromatic carbocycles. The highest BCUT2D eigenvalue weighted by atomic mass is 16.5. The van der Waals surface area contributed by atoms with Gasteiger partial charge in [0.15, 0.2) is 22.7 Å². The second kappa shape index (κ2) is 9.74. The number of furan rings is 2. The van der Waals surface area contributed by atoms with Gasteiger partial charge in [0.2, 0.25) is 11.5 Å². The van der Waals surface area contributed by atoms with Gasteiger partial charge in [-0.15, -0.1) is 0 Å². The summed E-state index contributed by atoms with van der Waals surface area (Å²) in [5, 5.41) is 19.4. The van der Waals surface area contributed by atoms with Gasteiger partial charge < -0.3 is 28.5 Å². The van der Waals surface area contributed by atoms with Gasteiger partial charge in [-0.05, 0) is 42.2 Å². The molecule has 2 heterocycles. The number of aromatic carboxylic acids is 2. The Morgan fingerprint density at radius 2 is 1.32 bits per heavy atom. The SMILES string of the molecule is C=C(C)c1ccc(OC)c2oc(C(=O)O)cc12.COc1ccc(C(C)C)c2cc(C(=O)O)oc12. The zero-order chi connectivity index (χ0) is 25.2. The molecule has 0 fully saturated rings. The number of carbonyl (C=O) groups is 2. The van der Waals surface area contributed by atoms with Gasteiger partial charge in [-0.3, -0.25) is 0 Å². The summed E-state index contributed by atoms with van der Waals surface area (Å²) in [5.41, 5.74) is 3.69.